The van der Waals surface area contributed by atoms with Crippen molar-refractivity contribution in [2.75, 3.05) is 11.9 Å². The van der Waals surface area contributed by atoms with Crippen molar-refractivity contribution in [1.29, 1.82) is 0 Å². The number of hydrogen-bond acceptors (Lipinski definition) is 3. The molecule has 0 spiro atoms. The summed E-state index contributed by atoms with van der Waals surface area (Å²) in [6, 6.07) is 8.78. The predicted octanol–water partition coefficient (Wildman–Crippen LogP) is 1.94. The summed E-state index contributed by atoms with van der Waals surface area (Å²) >= 11 is 0. The number of rotatable bonds is 5. The van der Waals surface area contributed by atoms with Crippen LogP contribution >= 0.6 is 0 Å². The summed E-state index contributed by atoms with van der Waals surface area (Å²) in [5.74, 6) is 0. The Kier molecular flexibility index (Phi) is 5.30. The van der Waals surface area contributed by atoms with Gasteiger partial charge in [-0.3, -0.25) is 9.36 Å². The number of anilines is 1. The van der Waals surface area contributed by atoms with E-state index in [-0.39, 0.29) is 11.6 Å². The first-order valence-corrected chi connectivity index (χ1v) is 7.25. The van der Waals surface area contributed by atoms with Crippen LogP contribution in [-0.4, -0.2) is 22.1 Å². The van der Waals surface area contributed by atoms with E-state index in [0.29, 0.717) is 13.1 Å². The predicted molar refractivity (Wildman–Crippen MR) is 86.1 cm³/mol. The summed E-state index contributed by atoms with van der Waals surface area (Å²) in [4.78, 5) is 27.7. The van der Waals surface area contributed by atoms with Gasteiger partial charge in [-0.2, -0.15) is 0 Å². The maximum absolute atomic E-state index is 11.8. The second kappa shape index (κ2) is 7.40. The highest BCUT2D eigenvalue weighted by Gasteiger charge is 2.02. The van der Waals surface area contributed by atoms with Crippen molar-refractivity contribution in [3.05, 3.63) is 58.3 Å². The molecule has 0 aliphatic heterocycles. The molecule has 0 aliphatic carbocycles. The second-order valence-electron chi connectivity index (χ2n) is 5.02. The molecule has 0 atom stereocenters. The Morgan fingerprint density at radius 1 is 1.32 bits per heavy atom. The van der Waals surface area contributed by atoms with E-state index in [4.69, 9.17) is 0 Å². The normalized spacial score (nSPS) is 10.3. The first kappa shape index (κ1) is 15.8. The van der Waals surface area contributed by atoms with Gasteiger partial charge in [-0.25, -0.2) is 9.78 Å². The summed E-state index contributed by atoms with van der Waals surface area (Å²) in [6.07, 6.45) is 2.24. The SMILES string of the molecule is CCc1cc(=O)n(CCNC(=O)Nc2cccc(C)c2)cn1. The van der Waals surface area contributed by atoms with Crippen molar-refractivity contribution in [3.63, 3.8) is 0 Å². The van der Waals surface area contributed by atoms with E-state index in [9.17, 15) is 9.59 Å². The van der Waals surface area contributed by atoms with Gasteiger partial charge in [0.05, 0.1) is 6.33 Å². The van der Waals surface area contributed by atoms with Gasteiger partial charge >= 0.3 is 6.03 Å². The molecule has 6 heteroatoms. The molecule has 2 rings (SSSR count). The lowest BCUT2D eigenvalue weighted by Crippen LogP contribution is -2.33. The fourth-order valence-electron chi connectivity index (χ4n) is 2.01. The number of amides is 2. The molecule has 2 amide bonds. The van der Waals surface area contributed by atoms with Crippen LogP contribution in [0.2, 0.25) is 0 Å². The molecule has 0 aliphatic rings. The molecule has 0 saturated heterocycles. The quantitative estimate of drug-likeness (QED) is 0.886. The fraction of sp³-hybridized carbons (Fsp3) is 0.312. The lowest BCUT2D eigenvalue weighted by Gasteiger charge is -2.09. The standard InChI is InChI=1S/C16H20N4O2/c1-3-13-10-15(21)20(11-18-13)8-7-17-16(22)19-14-6-4-5-12(2)9-14/h4-6,9-11H,3,7-8H2,1-2H3,(H2,17,19,22). The molecule has 22 heavy (non-hydrogen) atoms. The van der Waals surface area contributed by atoms with Crippen LogP contribution in [0.4, 0.5) is 10.5 Å². The van der Waals surface area contributed by atoms with Crippen LogP contribution in [-0.2, 0) is 13.0 Å². The first-order chi connectivity index (χ1) is 10.6. The first-order valence-electron chi connectivity index (χ1n) is 7.25. The maximum Gasteiger partial charge on any atom is 0.319 e. The molecule has 2 aromatic rings. The van der Waals surface area contributed by atoms with Gasteiger partial charge in [0.2, 0.25) is 0 Å². The number of nitrogens with one attached hydrogen (secondary N) is 2. The van der Waals surface area contributed by atoms with E-state index < -0.39 is 0 Å². The fourth-order valence-corrected chi connectivity index (χ4v) is 2.01. The Bertz CT molecular complexity index is 709. The number of benzene rings is 1. The Morgan fingerprint density at radius 3 is 2.82 bits per heavy atom. The number of nitrogens with zero attached hydrogens (tertiary/aromatic N) is 2. The van der Waals surface area contributed by atoms with Crippen molar-refractivity contribution in [2.24, 2.45) is 0 Å². The molecule has 0 saturated carbocycles. The van der Waals surface area contributed by atoms with Crippen LogP contribution in [0.5, 0.6) is 0 Å². The molecule has 116 valence electrons. The van der Waals surface area contributed by atoms with Crippen LogP contribution < -0.4 is 16.2 Å². The van der Waals surface area contributed by atoms with Crippen LogP contribution in [0.15, 0.2) is 41.5 Å². The zero-order chi connectivity index (χ0) is 15.9. The molecule has 0 bridgehead atoms. The zero-order valence-electron chi connectivity index (χ0n) is 12.8. The Balaban J connectivity index is 1.83. The van der Waals surface area contributed by atoms with E-state index in [0.717, 1.165) is 23.4 Å². The third-order valence-corrected chi connectivity index (χ3v) is 3.21. The number of carbonyl (C=O) groups excluding carboxylic acids is 1. The summed E-state index contributed by atoms with van der Waals surface area (Å²) in [5.41, 5.74) is 2.48. The average molecular weight is 300 g/mol. The monoisotopic (exact) mass is 300 g/mol. The molecule has 6 nitrogen and oxygen atoms in total. The molecular weight excluding hydrogens is 280 g/mol. The number of aromatic nitrogens is 2. The molecule has 1 aromatic carbocycles. The van der Waals surface area contributed by atoms with Crippen LogP contribution in [0.25, 0.3) is 0 Å². The smallest absolute Gasteiger partial charge is 0.319 e. The van der Waals surface area contributed by atoms with Crippen molar-refractivity contribution in [2.45, 2.75) is 26.8 Å². The van der Waals surface area contributed by atoms with Crippen molar-refractivity contribution < 1.29 is 4.79 Å². The largest absolute Gasteiger partial charge is 0.336 e. The zero-order valence-corrected chi connectivity index (χ0v) is 12.8. The van der Waals surface area contributed by atoms with E-state index in [1.54, 1.807) is 0 Å². The molecule has 0 radical (unpaired) electrons. The number of urea groups is 1. The van der Waals surface area contributed by atoms with Gasteiger partial charge in [0.15, 0.2) is 0 Å². The van der Waals surface area contributed by atoms with Gasteiger partial charge in [-0.05, 0) is 31.0 Å². The van der Waals surface area contributed by atoms with Gasteiger partial charge in [0.25, 0.3) is 5.56 Å². The van der Waals surface area contributed by atoms with Crippen molar-refractivity contribution in [1.82, 2.24) is 14.9 Å². The van der Waals surface area contributed by atoms with Crippen molar-refractivity contribution >= 4 is 11.7 Å². The minimum Gasteiger partial charge on any atom is -0.336 e. The molecule has 0 fully saturated rings. The highest BCUT2D eigenvalue weighted by atomic mass is 16.2. The van der Waals surface area contributed by atoms with E-state index in [1.807, 2.05) is 38.1 Å². The van der Waals surface area contributed by atoms with Gasteiger partial charge in [0, 0.05) is 30.5 Å². The van der Waals surface area contributed by atoms with E-state index in [2.05, 4.69) is 15.6 Å². The van der Waals surface area contributed by atoms with Crippen molar-refractivity contribution in [3.8, 4) is 0 Å². The van der Waals surface area contributed by atoms with Gasteiger partial charge in [0.1, 0.15) is 0 Å². The van der Waals surface area contributed by atoms with Gasteiger partial charge in [-0.1, -0.05) is 19.1 Å². The summed E-state index contributed by atoms with van der Waals surface area (Å²) in [7, 11) is 0. The molecular formula is C16H20N4O2. The summed E-state index contributed by atoms with van der Waals surface area (Å²) in [6.45, 7) is 4.65. The second-order valence-corrected chi connectivity index (χ2v) is 5.02. The molecule has 2 N–H and O–H groups in total. The Hall–Kier alpha value is -2.63. The van der Waals surface area contributed by atoms with Crippen LogP contribution in [0.1, 0.15) is 18.2 Å². The van der Waals surface area contributed by atoms with Gasteiger partial charge in [-0.15, -0.1) is 0 Å². The average Bonchev–Trinajstić information content (AvgIpc) is 2.48. The number of carbonyl (C=O) groups is 1. The lowest BCUT2D eigenvalue weighted by atomic mass is 10.2. The molecule has 0 unspecified atom stereocenters. The Labute approximate surface area is 129 Å². The lowest BCUT2D eigenvalue weighted by molar-refractivity contribution is 0.251. The van der Waals surface area contributed by atoms with E-state index >= 15 is 0 Å². The third kappa shape index (κ3) is 4.44. The molecule has 1 heterocycles. The van der Waals surface area contributed by atoms with Gasteiger partial charge < -0.3 is 10.6 Å². The maximum atomic E-state index is 11.8. The van der Waals surface area contributed by atoms with Crippen LogP contribution in [0.3, 0.4) is 0 Å². The summed E-state index contributed by atoms with van der Waals surface area (Å²) in [5, 5.41) is 5.47. The number of aryl methyl sites for hydroxylation is 2. The molecule has 1 aromatic heterocycles. The van der Waals surface area contributed by atoms with E-state index in [1.165, 1.54) is 17.0 Å². The highest BCUT2D eigenvalue weighted by Crippen LogP contribution is 2.08. The highest BCUT2D eigenvalue weighted by molar-refractivity contribution is 5.89. The minimum absolute atomic E-state index is 0.104. The minimum atomic E-state index is -0.295. The topological polar surface area (TPSA) is 76.0 Å². The van der Waals surface area contributed by atoms with Crippen LogP contribution in [0, 0.1) is 6.92 Å². The Morgan fingerprint density at radius 2 is 2.14 bits per heavy atom. The third-order valence-electron chi connectivity index (χ3n) is 3.21. The summed E-state index contributed by atoms with van der Waals surface area (Å²) < 4.78 is 1.48. The number of hydrogen-bond donors (Lipinski definition) is 2.